The van der Waals surface area contributed by atoms with Crippen molar-refractivity contribution >= 4 is 22.6 Å². The van der Waals surface area contributed by atoms with Crippen LogP contribution in [0.4, 0.5) is 4.39 Å². The van der Waals surface area contributed by atoms with Gasteiger partial charge in [0.1, 0.15) is 0 Å². The fourth-order valence-corrected chi connectivity index (χ4v) is 1.56. The van der Waals surface area contributed by atoms with Crippen molar-refractivity contribution in [1.82, 2.24) is 14.8 Å². The molecule has 2 aromatic rings. The average molecular weight is 319 g/mol. The molecule has 2 aromatic heterocycles. The lowest BCUT2D eigenvalue weighted by Gasteiger charge is -2.04. The molecule has 78 valence electrons. The minimum Gasteiger partial charge on any atom is -0.392 e. The predicted molar refractivity (Wildman–Crippen MR) is 60.0 cm³/mol. The van der Waals surface area contributed by atoms with Crippen molar-refractivity contribution in [2.45, 2.75) is 6.61 Å². The molecule has 0 aliphatic carbocycles. The van der Waals surface area contributed by atoms with Crippen LogP contribution in [0.2, 0.25) is 0 Å². The summed E-state index contributed by atoms with van der Waals surface area (Å²) in [5.74, 6) is -0.441. The summed E-state index contributed by atoms with van der Waals surface area (Å²) in [6, 6.07) is 1.44. The van der Waals surface area contributed by atoms with Crippen LogP contribution in [0, 0.1) is 9.39 Å². The molecule has 6 heteroatoms. The van der Waals surface area contributed by atoms with Crippen molar-refractivity contribution in [3.05, 3.63) is 39.6 Å². The molecule has 0 saturated carbocycles. The number of halogens is 2. The molecule has 2 rings (SSSR count). The Bertz CT molecular complexity index is 486. The Morgan fingerprint density at radius 3 is 2.93 bits per heavy atom. The van der Waals surface area contributed by atoms with E-state index in [2.05, 4.69) is 32.7 Å². The number of nitrogens with zero attached hydrogens (tertiary/aromatic N) is 3. The van der Waals surface area contributed by atoms with Gasteiger partial charge in [-0.1, -0.05) is 0 Å². The van der Waals surface area contributed by atoms with Gasteiger partial charge in [-0.2, -0.15) is 5.10 Å². The van der Waals surface area contributed by atoms with Gasteiger partial charge in [-0.3, -0.25) is 0 Å². The molecule has 1 N–H and O–H groups in total. The van der Waals surface area contributed by atoms with E-state index in [1.54, 1.807) is 12.4 Å². The Balaban J connectivity index is 2.53. The van der Waals surface area contributed by atoms with Crippen molar-refractivity contribution in [2.24, 2.45) is 0 Å². The van der Waals surface area contributed by atoms with Crippen LogP contribution < -0.4 is 0 Å². The molecule has 0 aliphatic heterocycles. The first-order valence-corrected chi connectivity index (χ1v) is 5.25. The van der Waals surface area contributed by atoms with Gasteiger partial charge < -0.3 is 5.11 Å². The lowest BCUT2D eigenvalue weighted by molar-refractivity contribution is 0.275. The van der Waals surface area contributed by atoms with Gasteiger partial charge in [-0.05, 0) is 28.7 Å². The molecular weight excluding hydrogens is 312 g/mol. The van der Waals surface area contributed by atoms with E-state index in [1.165, 1.54) is 16.9 Å². The summed E-state index contributed by atoms with van der Waals surface area (Å²) in [5.41, 5.74) is 0.213. The van der Waals surface area contributed by atoms with E-state index in [0.717, 1.165) is 3.57 Å². The van der Waals surface area contributed by atoms with E-state index in [0.29, 0.717) is 0 Å². The van der Waals surface area contributed by atoms with Gasteiger partial charge in [0.2, 0.25) is 0 Å². The van der Waals surface area contributed by atoms with E-state index < -0.39 is 5.82 Å². The summed E-state index contributed by atoms with van der Waals surface area (Å²) < 4.78 is 15.9. The first-order valence-electron chi connectivity index (χ1n) is 4.17. The standard InChI is InChI=1S/C9H7FIN3O/c10-8-6(5-15)1-2-12-9(8)14-4-7(11)3-13-14/h1-4,15H,5H2. The van der Waals surface area contributed by atoms with Gasteiger partial charge in [-0.15, -0.1) is 0 Å². The SMILES string of the molecule is OCc1ccnc(-n2cc(I)cn2)c1F. The van der Waals surface area contributed by atoms with Crippen LogP contribution in [0.25, 0.3) is 5.82 Å². The molecule has 0 amide bonds. The number of hydrogen-bond donors (Lipinski definition) is 1. The third-order valence-electron chi connectivity index (χ3n) is 1.89. The number of pyridine rings is 1. The third-order valence-corrected chi connectivity index (χ3v) is 2.45. The maximum Gasteiger partial charge on any atom is 0.190 e. The zero-order valence-corrected chi connectivity index (χ0v) is 9.72. The van der Waals surface area contributed by atoms with Gasteiger partial charge in [0.05, 0.1) is 16.4 Å². The molecule has 0 aromatic carbocycles. The van der Waals surface area contributed by atoms with Crippen LogP contribution in [0.1, 0.15) is 5.56 Å². The molecule has 0 atom stereocenters. The van der Waals surface area contributed by atoms with Crippen molar-refractivity contribution in [2.75, 3.05) is 0 Å². The monoisotopic (exact) mass is 319 g/mol. The van der Waals surface area contributed by atoms with Crippen LogP contribution in [-0.2, 0) is 6.61 Å². The highest BCUT2D eigenvalue weighted by Crippen LogP contribution is 2.15. The zero-order chi connectivity index (χ0) is 10.8. The van der Waals surface area contributed by atoms with Crippen molar-refractivity contribution in [1.29, 1.82) is 0 Å². The van der Waals surface area contributed by atoms with Gasteiger partial charge >= 0.3 is 0 Å². The van der Waals surface area contributed by atoms with Crippen LogP contribution in [0.5, 0.6) is 0 Å². The Morgan fingerprint density at radius 2 is 2.33 bits per heavy atom. The molecule has 0 aliphatic rings. The normalized spacial score (nSPS) is 10.6. The number of aliphatic hydroxyl groups excluding tert-OH is 1. The molecule has 0 unspecified atom stereocenters. The van der Waals surface area contributed by atoms with E-state index in [9.17, 15) is 4.39 Å². The highest BCUT2D eigenvalue weighted by molar-refractivity contribution is 14.1. The van der Waals surface area contributed by atoms with Crippen LogP contribution in [0.3, 0.4) is 0 Å². The lowest BCUT2D eigenvalue weighted by Crippen LogP contribution is -2.04. The molecule has 0 spiro atoms. The smallest absolute Gasteiger partial charge is 0.190 e. The van der Waals surface area contributed by atoms with Crippen LogP contribution in [0.15, 0.2) is 24.7 Å². The second kappa shape index (κ2) is 4.23. The summed E-state index contributed by atoms with van der Waals surface area (Å²) in [5, 5.41) is 12.8. The molecule has 15 heavy (non-hydrogen) atoms. The average Bonchev–Trinajstić information content (AvgIpc) is 2.65. The second-order valence-corrected chi connectivity index (χ2v) is 4.11. The minimum absolute atomic E-state index is 0.101. The third kappa shape index (κ3) is 2.00. The van der Waals surface area contributed by atoms with E-state index in [-0.39, 0.29) is 18.0 Å². The number of hydrogen-bond acceptors (Lipinski definition) is 3. The van der Waals surface area contributed by atoms with Gasteiger partial charge in [0, 0.05) is 18.0 Å². The summed E-state index contributed by atoms with van der Waals surface area (Å²) >= 11 is 2.07. The fourth-order valence-electron chi connectivity index (χ4n) is 1.17. The summed E-state index contributed by atoms with van der Waals surface area (Å²) in [6.45, 7) is -0.348. The lowest BCUT2D eigenvalue weighted by atomic mass is 10.2. The molecule has 0 bridgehead atoms. The number of rotatable bonds is 2. The summed E-state index contributed by atoms with van der Waals surface area (Å²) in [6.07, 6.45) is 4.71. The largest absolute Gasteiger partial charge is 0.392 e. The Labute approximate surface area is 98.9 Å². The Morgan fingerprint density at radius 1 is 1.53 bits per heavy atom. The van der Waals surface area contributed by atoms with E-state index >= 15 is 0 Å². The van der Waals surface area contributed by atoms with Crippen molar-refractivity contribution < 1.29 is 9.50 Å². The predicted octanol–water partition coefficient (Wildman–Crippen LogP) is 1.50. The maximum atomic E-state index is 13.7. The topological polar surface area (TPSA) is 50.9 Å². The Hall–Kier alpha value is -1.02. The van der Waals surface area contributed by atoms with Gasteiger partial charge in [-0.25, -0.2) is 14.1 Å². The first kappa shape index (κ1) is 10.5. The van der Waals surface area contributed by atoms with Crippen LogP contribution >= 0.6 is 22.6 Å². The summed E-state index contributed by atoms with van der Waals surface area (Å²) in [7, 11) is 0. The number of aliphatic hydroxyl groups is 1. The minimum atomic E-state index is -0.542. The highest BCUT2D eigenvalue weighted by atomic mass is 127. The van der Waals surface area contributed by atoms with E-state index in [1.807, 2.05) is 0 Å². The first-order chi connectivity index (χ1) is 7.22. The molecule has 0 saturated heterocycles. The van der Waals surface area contributed by atoms with Crippen molar-refractivity contribution in [3.8, 4) is 5.82 Å². The van der Waals surface area contributed by atoms with Gasteiger partial charge in [0.25, 0.3) is 0 Å². The highest BCUT2D eigenvalue weighted by Gasteiger charge is 2.11. The van der Waals surface area contributed by atoms with Crippen LogP contribution in [-0.4, -0.2) is 19.9 Å². The number of aromatic nitrogens is 3. The molecule has 0 radical (unpaired) electrons. The fraction of sp³-hybridized carbons (Fsp3) is 0.111. The Kier molecular flexibility index (Phi) is 2.96. The quantitative estimate of drug-likeness (QED) is 0.854. The van der Waals surface area contributed by atoms with Gasteiger partial charge in [0.15, 0.2) is 11.6 Å². The summed E-state index contributed by atoms with van der Waals surface area (Å²) in [4.78, 5) is 3.88. The zero-order valence-electron chi connectivity index (χ0n) is 7.56. The van der Waals surface area contributed by atoms with E-state index in [4.69, 9.17) is 5.11 Å². The molecular formula is C9H7FIN3O. The molecule has 0 fully saturated rings. The molecule has 2 heterocycles. The maximum absolute atomic E-state index is 13.7. The van der Waals surface area contributed by atoms with Crippen molar-refractivity contribution in [3.63, 3.8) is 0 Å². The molecule has 4 nitrogen and oxygen atoms in total. The second-order valence-electron chi connectivity index (χ2n) is 2.87.